The maximum Gasteiger partial charge on any atom is 0.328 e. The fourth-order valence-electron chi connectivity index (χ4n) is 10.7. The van der Waals surface area contributed by atoms with Crippen LogP contribution in [0.3, 0.4) is 0 Å². The summed E-state index contributed by atoms with van der Waals surface area (Å²) in [5, 5.41) is 48.6. The van der Waals surface area contributed by atoms with E-state index in [4.69, 9.17) is 12.2 Å². The van der Waals surface area contributed by atoms with E-state index in [1.165, 1.54) is 63.7 Å². The lowest BCUT2D eigenvalue weighted by Crippen LogP contribution is -2.63. The number of para-hydroxylation sites is 1. The van der Waals surface area contributed by atoms with E-state index in [-0.39, 0.29) is 61.7 Å². The number of amides is 9. The number of carboxylic acid groups (broad SMARTS) is 1. The van der Waals surface area contributed by atoms with Gasteiger partial charge in [-0.25, -0.2) is 4.79 Å². The summed E-state index contributed by atoms with van der Waals surface area (Å²) in [6.07, 6.45) is 1.79. The van der Waals surface area contributed by atoms with E-state index in [9.17, 15) is 63.3 Å². The molecule has 13 atom stereocenters. The molecule has 0 bridgehead atoms. The predicted molar refractivity (Wildman–Crippen MR) is 357 cm³/mol. The van der Waals surface area contributed by atoms with Crippen LogP contribution in [0.4, 0.5) is 5.69 Å². The van der Waals surface area contributed by atoms with Crippen molar-refractivity contribution in [3.63, 3.8) is 0 Å². The molecule has 9 amide bonds. The summed E-state index contributed by atoms with van der Waals surface area (Å²) in [4.78, 5) is 148. The highest BCUT2D eigenvalue weighted by Gasteiger charge is 2.44. The largest absolute Gasteiger partial charge is 0.480 e. The van der Waals surface area contributed by atoms with E-state index in [1.54, 1.807) is 51.8 Å². The minimum atomic E-state index is -1.78. The zero-order valence-electron chi connectivity index (χ0n) is 58.3. The monoisotopic (exact) mass is 1300 g/mol. The molecule has 9 N–H and O–H groups in total. The number of hydrogen-bond donors (Lipinski definition) is 9. The molecule has 0 fully saturated rings. The Labute approximate surface area is 547 Å². The fraction of sp³-hybridized carbons (Fsp3) is 0.712. The van der Waals surface area contributed by atoms with Crippen LogP contribution in [0.5, 0.6) is 0 Å². The van der Waals surface area contributed by atoms with Crippen LogP contribution < -0.4 is 31.9 Å². The average molecular weight is 1300 g/mol. The zero-order chi connectivity index (χ0) is 70.2. The standard InChI is InChI=1S/C66H113N11O13S/c1-23-24-28-42(14)55(79)54(60(84)72-52(45(17)78)65(89)90)77(22)64(88)53(41(12)13)76(21)63(87)48(32-37(4)5)71-58(82)50(34-39(8)9)73(18)61(85)44(16)68-56(80)43(15)67-57(81)49(33-38(6)7)74(19)62(86)47(31-36(2)3)70-59(83)51(35-40(10)11)75(20)66(91)69-46-29-26-25-27-30-46/h23-27,29-30,36-45,47-55,78-79H,28,31-35H2,1-22H3,(H,67,81)(H,68,80)(H,69,91)(H,70,83)(H,71,82)(H,72,84)(H,89,90)/t42-,43+,44-,45-,47+,48+,49+,50+,51+,52+,53+,54+,55-/m1/s1. The first kappa shape index (κ1) is 82.3. The molecule has 0 aliphatic heterocycles. The number of carbonyl (C=O) groups is 10. The molecule has 0 radical (unpaired) electrons. The van der Waals surface area contributed by atoms with E-state index < -0.39 is 144 Å². The summed E-state index contributed by atoms with van der Waals surface area (Å²) in [7, 11) is 7.25. The third-order valence-electron chi connectivity index (χ3n) is 15.9. The summed E-state index contributed by atoms with van der Waals surface area (Å²) in [6, 6.07) is -3.21. The van der Waals surface area contributed by atoms with Crippen LogP contribution in [0.2, 0.25) is 0 Å². The first-order valence-electron chi connectivity index (χ1n) is 32.0. The molecule has 0 saturated carbocycles. The molecule has 0 aliphatic rings. The van der Waals surface area contributed by atoms with E-state index in [0.29, 0.717) is 11.5 Å². The molecule has 1 rings (SSSR count). The number of benzene rings is 1. The maximum atomic E-state index is 14.8. The van der Waals surface area contributed by atoms with Crippen molar-refractivity contribution in [1.82, 2.24) is 51.1 Å². The number of thiocarbonyl (C=S) groups is 1. The number of aliphatic hydroxyl groups excluding tert-OH is 2. The van der Waals surface area contributed by atoms with Gasteiger partial charge in [-0.2, -0.15) is 0 Å². The van der Waals surface area contributed by atoms with Crippen LogP contribution in [0, 0.1) is 41.4 Å². The van der Waals surface area contributed by atoms with Gasteiger partial charge in [0, 0.05) is 40.9 Å². The third-order valence-corrected chi connectivity index (χ3v) is 16.3. The lowest BCUT2D eigenvalue weighted by atomic mass is 9.91. The smallest absolute Gasteiger partial charge is 0.328 e. The van der Waals surface area contributed by atoms with Crippen molar-refractivity contribution in [3.05, 3.63) is 42.5 Å². The molecule has 25 heteroatoms. The Morgan fingerprint density at radius 3 is 1.27 bits per heavy atom. The number of likely N-dealkylation sites (N-methyl/N-ethyl adjacent to an activating group) is 5. The van der Waals surface area contributed by atoms with E-state index in [2.05, 4.69) is 31.9 Å². The molecule has 24 nitrogen and oxygen atoms in total. The van der Waals surface area contributed by atoms with Gasteiger partial charge < -0.3 is 71.7 Å². The van der Waals surface area contributed by atoms with Gasteiger partial charge >= 0.3 is 5.97 Å². The minimum Gasteiger partial charge on any atom is -0.480 e. The van der Waals surface area contributed by atoms with Crippen LogP contribution in [-0.2, 0) is 47.9 Å². The zero-order valence-corrected chi connectivity index (χ0v) is 59.1. The normalized spacial score (nSPS) is 16.0. The highest BCUT2D eigenvalue weighted by Crippen LogP contribution is 2.24. The minimum absolute atomic E-state index is 0.0469. The number of nitrogens with one attached hydrogen (secondary N) is 6. The van der Waals surface area contributed by atoms with E-state index >= 15 is 0 Å². The summed E-state index contributed by atoms with van der Waals surface area (Å²) < 4.78 is 0. The predicted octanol–water partition coefficient (Wildman–Crippen LogP) is 4.77. The molecular formula is C66H113N11O13S. The number of aliphatic carboxylic acids is 1. The number of rotatable bonds is 37. The Kier molecular flexibility index (Phi) is 35.2. The van der Waals surface area contributed by atoms with Gasteiger partial charge in [-0.15, -0.1) is 0 Å². The Morgan fingerprint density at radius 2 is 0.868 bits per heavy atom. The van der Waals surface area contributed by atoms with Crippen molar-refractivity contribution >= 4 is 82.2 Å². The van der Waals surface area contributed by atoms with Crippen LogP contribution in [0.1, 0.15) is 156 Å². The van der Waals surface area contributed by atoms with Crippen LogP contribution in [0.25, 0.3) is 0 Å². The molecule has 0 unspecified atom stereocenters. The van der Waals surface area contributed by atoms with Gasteiger partial charge in [0.05, 0.1) is 12.2 Å². The third kappa shape index (κ3) is 26.1. The van der Waals surface area contributed by atoms with Crippen LogP contribution >= 0.6 is 12.2 Å². The van der Waals surface area contributed by atoms with E-state index in [1.807, 2.05) is 99.6 Å². The quantitative estimate of drug-likeness (QED) is 0.0320. The fourth-order valence-corrected chi connectivity index (χ4v) is 11.0. The second-order valence-corrected chi connectivity index (χ2v) is 27.3. The van der Waals surface area contributed by atoms with Crippen molar-refractivity contribution in [2.75, 3.05) is 40.6 Å². The first-order valence-corrected chi connectivity index (χ1v) is 32.4. The molecule has 1 aromatic rings. The Balaban J connectivity index is 3.51. The van der Waals surface area contributed by atoms with Crippen molar-refractivity contribution in [2.24, 2.45) is 41.4 Å². The van der Waals surface area contributed by atoms with Gasteiger partial charge in [-0.3, -0.25) is 43.2 Å². The molecule has 0 aliphatic carbocycles. The van der Waals surface area contributed by atoms with Gasteiger partial charge in [0.2, 0.25) is 53.2 Å². The molecule has 0 heterocycles. The first-order chi connectivity index (χ1) is 42.1. The van der Waals surface area contributed by atoms with Crippen molar-refractivity contribution < 1.29 is 63.3 Å². The van der Waals surface area contributed by atoms with Crippen LogP contribution in [0.15, 0.2) is 42.5 Å². The lowest BCUT2D eigenvalue weighted by Gasteiger charge is -2.40. The molecule has 0 saturated heterocycles. The van der Waals surface area contributed by atoms with Gasteiger partial charge in [0.25, 0.3) is 0 Å². The average Bonchev–Trinajstić information content (AvgIpc) is 0.885. The molecule has 1 aromatic carbocycles. The molecule has 0 spiro atoms. The van der Waals surface area contributed by atoms with Gasteiger partial charge in [0.1, 0.15) is 54.4 Å². The number of hydrogen-bond acceptors (Lipinski definition) is 13. The molecular weight excluding hydrogens is 1190 g/mol. The highest BCUT2D eigenvalue weighted by molar-refractivity contribution is 7.80. The topological polar surface area (TPSA) is 320 Å². The number of aliphatic hydroxyl groups is 2. The Morgan fingerprint density at radius 1 is 0.473 bits per heavy atom. The van der Waals surface area contributed by atoms with Gasteiger partial charge in [0.15, 0.2) is 11.2 Å². The maximum absolute atomic E-state index is 14.8. The number of anilines is 1. The summed E-state index contributed by atoms with van der Waals surface area (Å²) in [5.41, 5.74) is 0.746. The second-order valence-electron chi connectivity index (χ2n) is 27.0. The van der Waals surface area contributed by atoms with Gasteiger partial charge in [-0.1, -0.05) is 120 Å². The summed E-state index contributed by atoms with van der Waals surface area (Å²) in [6.45, 7) is 29.7. The second kappa shape index (κ2) is 39.0. The highest BCUT2D eigenvalue weighted by atomic mass is 32.1. The summed E-state index contributed by atoms with van der Waals surface area (Å²) >= 11 is 5.73. The SMILES string of the molecule is CC=CC[C@@H](C)[C@@H](O)[C@@H](C(=O)N[C@H](C(=O)O)[C@@H](C)O)N(C)C(=O)[C@H](C(C)C)N(C)C(=O)[C@H](CC(C)C)NC(=O)[C@H](CC(C)C)N(C)C(=O)[C@@H](C)NC(=O)[C@H](C)NC(=O)[C@H](CC(C)C)N(C)C(=O)[C@H](CC(C)C)NC(=O)[C@H](CC(C)C)N(C)C(=S)Nc1ccccc1. The van der Waals surface area contributed by atoms with Crippen molar-refractivity contribution in [1.29, 1.82) is 0 Å². The van der Waals surface area contributed by atoms with Crippen LogP contribution in [-0.4, -0.2) is 212 Å². The van der Waals surface area contributed by atoms with Crippen molar-refractivity contribution in [3.8, 4) is 0 Å². The number of carbonyl (C=O) groups excluding carboxylic acids is 9. The lowest BCUT2D eigenvalue weighted by molar-refractivity contribution is -0.155. The molecule has 91 heavy (non-hydrogen) atoms. The Bertz CT molecular complexity index is 2600. The number of nitrogens with zero attached hydrogens (tertiary/aromatic N) is 5. The number of allylic oxidation sites excluding steroid dienone is 2. The Hall–Kier alpha value is -6.73. The van der Waals surface area contributed by atoms with E-state index in [0.717, 1.165) is 10.6 Å². The molecule has 0 aromatic heterocycles. The number of carboxylic acids is 1. The molecule has 516 valence electrons. The summed E-state index contributed by atoms with van der Waals surface area (Å²) in [5.74, 6) is -9.43. The van der Waals surface area contributed by atoms with Gasteiger partial charge in [-0.05, 0) is 132 Å². The van der Waals surface area contributed by atoms with Crippen molar-refractivity contribution in [2.45, 2.75) is 229 Å².